The van der Waals surface area contributed by atoms with Gasteiger partial charge in [0.1, 0.15) is 5.65 Å². The fraction of sp³-hybridized carbons (Fsp3) is 0.263. The van der Waals surface area contributed by atoms with Gasteiger partial charge in [-0.1, -0.05) is 30.3 Å². The highest BCUT2D eigenvalue weighted by Crippen LogP contribution is 2.17. The molecule has 0 unspecified atom stereocenters. The molecule has 3 N–H and O–H groups in total. The molecule has 0 radical (unpaired) electrons. The summed E-state index contributed by atoms with van der Waals surface area (Å²) in [4.78, 5) is 22.1. The van der Waals surface area contributed by atoms with Gasteiger partial charge in [-0.2, -0.15) is 0 Å². The van der Waals surface area contributed by atoms with Crippen LogP contribution in [0.4, 0.5) is 0 Å². The van der Waals surface area contributed by atoms with Crippen LogP contribution in [-0.2, 0) is 17.8 Å². The van der Waals surface area contributed by atoms with Gasteiger partial charge >= 0.3 is 0 Å². The van der Waals surface area contributed by atoms with Crippen molar-refractivity contribution in [3.63, 3.8) is 0 Å². The molecule has 0 saturated heterocycles. The van der Waals surface area contributed by atoms with Crippen LogP contribution in [0.1, 0.15) is 17.5 Å². The number of benzene rings is 1. The minimum atomic E-state index is 0.108. The maximum absolute atomic E-state index is 12.8. The topological polar surface area (TPSA) is 75.0 Å². The summed E-state index contributed by atoms with van der Waals surface area (Å²) in [5.41, 5.74) is 8.55. The molecule has 0 aliphatic carbocycles. The highest BCUT2D eigenvalue weighted by Gasteiger charge is 2.16. The van der Waals surface area contributed by atoms with E-state index in [0.717, 1.165) is 28.6 Å². The average molecular weight is 322 g/mol. The lowest BCUT2D eigenvalue weighted by Gasteiger charge is -2.22. The highest BCUT2D eigenvalue weighted by atomic mass is 16.2. The Morgan fingerprint density at radius 2 is 2.00 bits per heavy atom. The molecule has 0 aliphatic heterocycles. The van der Waals surface area contributed by atoms with Crippen molar-refractivity contribution in [2.24, 2.45) is 5.73 Å². The summed E-state index contributed by atoms with van der Waals surface area (Å²) in [6, 6.07) is 13.9. The lowest BCUT2D eigenvalue weighted by molar-refractivity contribution is -0.131. The lowest BCUT2D eigenvalue weighted by Crippen LogP contribution is -2.33. The molecule has 124 valence electrons. The van der Waals surface area contributed by atoms with Crippen molar-refractivity contribution in [2.45, 2.75) is 19.4 Å². The van der Waals surface area contributed by atoms with Gasteiger partial charge in [0.2, 0.25) is 5.91 Å². The fourth-order valence-electron chi connectivity index (χ4n) is 2.81. The summed E-state index contributed by atoms with van der Waals surface area (Å²) in [6.07, 6.45) is 4.78. The quantitative estimate of drug-likeness (QED) is 0.702. The van der Waals surface area contributed by atoms with Crippen LogP contribution < -0.4 is 5.73 Å². The monoisotopic (exact) mass is 322 g/mol. The summed E-state index contributed by atoms with van der Waals surface area (Å²) in [5, 5.41) is 1.00. The van der Waals surface area contributed by atoms with Gasteiger partial charge in [-0.15, -0.1) is 0 Å². The molecule has 5 heteroatoms. The molecule has 1 amide bonds. The van der Waals surface area contributed by atoms with Gasteiger partial charge in [-0.3, -0.25) is 4.79 Å². The molecular formula is C19H22N4O. The van der Waals surface area contributed by atoms with Crippen LogP contribution in [-0.4, -0.2) is 33.9 Å². The molecule has 0 spiro atoms. The number of nitrogens with two attached hydrogens (primary N) is 1. The zero-order chi connectivity index (χ0) is 16.8. The second-order valence-corrected chi connectivity index (χ2v) is 5.83. The van der Waals surface area contributed by atoms with E-state index < -0.39 is 0 Å². The van der Waals surface area contributed by atoms with Crippen LogP contribution in [0.15, 0.2) is 54.9 Å². The Kier molecular flexibility index (Phi) is 5.23. The Morgan fingerprint density at radius 1 is 1.17 bits per heavy atom. The molecule has 1 aromatic carbocycles. The van der Waals surface area contributed by atoms with Crippen LogP contribution in [0.5, 0.6) is 0 Å². The largest absolute Gasteiger partial charge is 0.346 e. The molecule has 0 atom stereocenters. The lowest BCUT2D eigenvalue weighted by atomic mass is 10.1. The van der Waals surface area contributed by atoms with Crippen molar-refractivity contribution in [3.8, 4) is 0 Å². The van der Waals surface area contributed by atoms with E-state index in [1.807, 2.05) is 53.6 Å². The first-order valence-electron chi connectivity index (χ1n) is 8.20. The van der Waals surface area contributed by atoms with E-state index in [2.05, 4.69) is 9.97 Å². The molecule has 3 aromatic rings. The zero-order valence-electron chi connectivity index (χ0n) is 13.6. The van der Waals surface area contributed by atoms with E-state index in [1.165, 1.54) is 0 Å². The Labute approximate surface area is 141 Å². The van der Waals surface area contributed by atoms with E-state index in [-0.39, 0.29) is 5.91 Å². The Morgan fingerprint density at radius 3 is 2.79 bits per heavy atom. The van der Waals surface area contributed by atoms with Gasteiger partial charge in [-0.05, 0) is 36.2 Å². The first-order valence-corrected chi connectivity index (χ1v) is 8.20. The maximum atomic E-state index is 12.8. The molecule has 5 nitrogen and oxygen atoms in total. The molecular weight excluding hydrogens is 300 g/mol. The molecule has 0 fully saturated rings. The number of rotatable bonds is 7. The minimum Gasteiger partial charge on any atom is -0.346 e. The zero-order valence-corrected chi connectivity index (χ0v) is 13.6. The van der Waals surface area contributed by atoms with Gasteiger partial charge in [0.15, 0.2) is 0 Å². The Balaban J connectivity index is 1.75. The number of amides is 1. The van der Waals surface area contributed by atoms with E-state index >= 15 is 0 Å². The summed E-state index contributed by atoms with van der Waals surface area (Å²) in [6.45, 7) is 1.86. The van der Waals surface area contributed by atoms with Crippen molar-refractivity contribution in [2.75, 3.05) is 13.1 Å². The van der Waals surface area contributed by atoms with E-state index in [9.17, 15) is 4.79 Å². The second-order valence-electron chi connectivity index (χ2n) is 5.83. The summed E-state index contributed by atoms with van der Waals surface area (Å²) >= 11 is 0. The van der Waals surface area contributed by atoms with Crippen LogP contribution >= 0.6 is 0 Å². The third-order valence-electron chi connectivity index (χ3n) is 4.08. The van der Waals surface area contributed by atoms with Crippen molar-refractivity contribution in [1.29, 1.82) is 0 Å². The molecule has 2 aromatic heterocycles. The standard InChI is InChI=1S/C19H22N4O/c20-9-5-11-23(14-15-6-2-1-3-7-15)18(24)12-16-13-22-19-17(16)8-4-10-21-19/h1-4,6-8,10,13H,5,9,11-12,14,20H2,(H,21,22). The summed E-state index contributed by atoms with van der Waals surface area (Å²) in [5.74, 6) is 0.108. The summed E-state index contributed by atoms with van der Waals surface area (Å²) < 4.78 is 0. The predicted octanol–water partition coefficient (Wildman–Crippen LogP) is 2.48. The van der Waals surface area contributed by atoms with Gasteiger partial charge < -0.3 is 15.6 Å². The van der Waals surface area contributed by atoms with Crippen LogP contribution in [0, 0.1) is 0 Å². The van der Waals surface area contributed by atoms with Crippen molar-refractivity contribution >= 4 is 16.9 Å². The predicted molar refractivity (Wildman–Crippen MR) is 95.3 cm³/mol. The summed E-state index contributed by atoms with van der Waals surface area (Å²) in [7, 11) is 0. The number of nitrogens with zero attached hydrogens (tertiary/aromatic N) is 2. The molecule has 24 heavy (non-hydrogen) atoms. The van der Waals surface area contributed by atoms with Gasteiger partial charge in [0.25, 0.3) is 0 Å². The van der Waals surface area contributed by atoms with Crippen molar-refractivity contribution < 1.29 is 4.79 Å². The number of aromatic nitrogens is 2. The van der Waals surface area contributed by atoms with Crippen LogP contribution in [0.25, 0.3) is 11.0 Å². The van der Waals surface area contributed by atoms with Gasteiger partial charge in [0, 0.05) is 30.9 Å². The normalized spacial score (nSPS) is 10.9. The van der Waals surface area contributed by atoms with Gasteiger partial charge in [-0.25, -0.2) is 4.98 Å². The fourth-order valence-corrected chi connectivity index (χ4v) is 2.81. The molecule has 0 aliphatic rings. The SMILES string of the molecule is NCCCN(Cc1ccccc1)C(=O)Cc1c[nH]c2ncccc12. The molecule has 3 rings (SSSR count). The number of fused-ring (bicyclic) bond motifs is 1. The van der Waals surface area contributed by atoms with E-state index in [1.54, 1.807) is 6.20 Å². The number of carbonyl (C=O) groups is 1. The van der Waals surface area contributed by atoms with Crippen LogP contribution in [0.3, 0.4) is 0 Å². The number of pyridine rings is 1. The molecule has 2 heterocycles. The van der Waals surface area contributed by atoms with E-state index in [4.69, 9.17) is 5.73 Å². The Bertz CT molecular complexity index is 797. The number of hydrogen-bond acceptors (Lipinski definition) is 3. The number of carbonyl (C=O) groups excluding carboxylic acids is 1. The number of H-pyrrole nitrogens is 1. The number of hydrogen-bond donors (Lipinski definition) is 2. The van der Waals surface area contributed by atoms with Crippen molar-refractivity contribution in [1.82, 2.24) is 14.9 Å². The number of aromatic amines is 1. The first kappa shape index (κ1) is 16.2. The average Bonchev–Trinajstić information content (AvgIpc) is 3.02. The molecule has 0 saturated carbocycles. The second kappa shape index (κ2) is 7.75. The first-order chi connectivity index (χ1) is 11.8. The van der Waals surface area contributed by atoms with E-state index in [0.29, 0.717) is 26.1 Å². The highest BCUT2D eigenvalue weighted by molar-refractivity contribution is 5.87. The third-order valence-corrected chi connectivity index (χ3v) is 4.08. The Hall–Kier alpha value is -2.66. The minimum absolute atomic E-state index is 0.108. The number of nitrogens with one attached hydrogen (secondary N) is 1. The molecule has 0 bridgehead atoms. The smallest absolute Gasteiger partial charge is 0.227 e. The van der Waals surface area contributed by atoms with Gasteiger partial charge in [0.05, 0.1) is 6.42 Å². The van der Waals surface area contributed by atoms with Crippen molar-refractivity contribution in [3.05, 3.63) is 66.0 Å². The third kappa shape index (κ3) is 3.81. The maximum Gasteiger partial charge on any atom is 0.227 e. The van der Waals surface area contributed by atoms with Crippen LogP contribution in [0.2, 0.25) is 0 Å².